The van der Waals surface area contributed by atoms with Crippen LogP contribution in [0, 0.1) is 5.92 Å². The summed E-state index contributed by atoms with van der Waals surface area (Å²) in [6.07, 6.45) is 9.90. The zero-order valence-corrected chi connectivity index (χ0v) is 16.1. The van der Waals surface area contributed by atoms with Gasteiger partial charge in [0.25, 0.3) is 0 Å². The average Bonchev–Trinajstić information content (AvgIpc) is 3.20. The molecule has 2 aliphatic heterocycles. The Morgan fingerprint density at radius 2 is 1.75 bits per heavy atom. The summed E-state index contributed by atoms with van der Waals surface area (Å²) in [5.74, 6) is 1.85. The Balaban J connectivity index is 1.63. The van der Waals surface area contributed by atoms with Crippen LogP contribution in [0.4, 0.5) is 0 Å². The van der Waals surface area contributed by atoms with Crippen LogP contribution < -0.4 is 0 Å². The minimum Gasteiger partial charge on any atom is -0.349 e. The summed E-state index contributed by atoms with van der Waals surface area (Å²) in [6, 6.07) is 11.8. The van der Waals surface area contributed by atoms with Gasteiger partial charge in [-0.3, -0.25) is 0 Å². The number of benzene rings is 1. The molecule has 1 aliphatic carbocycles. The van der Waals surface area contributed by atoms with E-state index in [1.54, 1.807) is 0 Å². The van der Waals surface area contributed by atoms with Crippen molar-refractivity contribution >= 4 is 11.8 Å². The van der Waals surface area contributed by atoms with E-state index in [9.17, 15) is 0 Å². The van der Waals surface area contributed by atoms with Crippen molar-refractivity contribution in [2.24, 2.45) is 5.92 Å². The first kappa shape index (κ1) is 16.9. The third kappa shape index (κ3) is 2.93. The Bertz CT molecular complexity index is 554. The fourth-order valence-electron chi connectivity index (χ4n) is 5.30. The number of quaternary nitrogens is 1. The van der Waals surface area contributed by atoms with Gasteiger partial charge < -0.3 is 9.22 Å². The van der Waals surface area contributed by atoms with Crippen molar-refractivity contribution < 1.29 is 9.22 Å². The van der Waals surface area contributed by atoms with E-state index in [2.05, 4.69) is 56.2 Å². The summed E-state index contributed by atoms with van der Waals surface area (Å²) in [5.41, 5.74) is 1.41. The molecule has 3 heteroatoms. The maximum Gasteiger partial charge on any atom is 0.142 e. The van der Waals surface area contributed by atoms with Gasteiger partial charge in [-0.2, -0.15) is 0 Å². The van der Waals surface area contributed by atoms with E-state index in [-0.39, 0.29) is 4.93 Å². The second-order valence-corrected chi connectivity index (χ2v) is 9.78. The molecule has 0 unspecified atom stereocenters. The Morgan fingerprint density at radius 3 is 2.42 bits per heavy atom. The van der Waals surface area contributed by atoms with Crippen LogP contribution >= 0.6 is 11.8 Å². The molecule has 0 bridgehead atoms. The first-order valence-corrected chi connectivity index (χ1v) is 10.8. The predicted molar refractivity (Wildman–Crippen MR) is 102 cm³/mol. The van der Waals surface area contributed by atoms with E-state index in [1.807, 2.05) is 0 Å². The fraction of sp³-hybridized carbons (Fsp3) is 0.714. The smallest absolute Gasteiger partial charge is 0.142 e. The molecule has 3 aliphatic rings. The highest BCUT2D eigenvalue weighted by Gasteiger charge is 2.53. The largest absolute Gasteiger partial charge is 0.349 e. The molecule has 3 atom stereocenters. The van der Waals surface area contributed by atoms with Crippen molar-refractivity contribution in [3.63, 3.8) is 0 Å². The van der Waals surface area contributed by atoms with Crippen molar-refractivity contribution in [3.8, 4) is 0 Å². The maximum atomic E-state index is 7.04. The van der Waals surface area contributed by atoms with Crippen molar-refractivity contribution in [2.75, 3.05) is 26.4 Å². The normalized spacial score (nSPS) is 36.9. The van der Waals surface area contributed by atoms with Crippen LogP contribution in [0.15, 0.2) is 30.3 Å². The Kier molecular flexibility index (Phi) is 4.70. The van der Waals surface area contributed by atoms with Crippen LogP contribution in [0.5, 0.6) is 0 Å². The average molecular weight is 347 g/mol. The topological polar surface area (TPSA) is 9.23 Å². The van der Waals surface area contributed by atoms with Gasteiger partial charge in [-0.05, 0) is 18.4 Å². The van der Waals surface area contributed by atoms with E-state index in [4.69, 9.17) is 4.74 Å². The van der Waals surface area contributed by atoms with Gasteiger partial charge in [-0.25, -0.2) is 0 Å². The molecule has 2 nitrogen and oxygen atoms in total. The molecule has 0 N–H and O–H groups in total. The van der Waals surface area contributed by atoms with Gasteiger partial charge in [0.2, 0.25) is 0 Å². The van der Waals surface area contributed by atoms with E-state index in [0.29, 0.717) is 18.1 Å². The Hall–Kier alpha value is -0.510. The lowest BCUT2D eigenvalue weighted by atomic mass is 9.82. The van der Waals surface area contributed by atoms with Crippen LogP contribution in [0.1, 0.15) is 50.5 Å². The minimum absolute atomic E-state index is 0.0884. The summed E-state index contributed by atoms with van der Waals surface area (Å²) in [6.45, 7) is 1.30. The number of rotatable bonds is 3. The molecule has 0 radical (unpaired) electrons. The van der Waals surface area contributed by atoms with Gasteiger partial charge in [0, 0.05) is 24.5 Å². The number of ether oxygens (including phenoxy) is 1. The van der Waals surface area contributed by atoms with Crippen molar-refractivity contribution in [1.82, 2.24) is 0 Å². The molecule has 1 saturated carbocycles. The summed E-state index contributed by atoms with van der Waals surface area (Å²) < 4.78 is 8.18. The number of nitrogens with zero attached hydrogens (tertiary/aromatic N) is 1. The van der Waals surface area contributed by atoms with Crippen LogP contribution in [0.3, 0.4) is 0 Å². The highest BCUT2D eigenvalue weighted by molar-refractivity contribution is 8.00. The molecule has 2 heterocycles. The Morgan fingerprint density at radius 1 is 1.00 bits per heavy atom. The molecule has 0 aromatic heterocycles. The highest BCUT2D eigenvalue weighted by Crippen LogP contribution is 2.55. The lowest BCUT2D eigenvalue weighted by molar-refractivity contribution is -0.905. The predicted octanol–water partition coefficient (Wildman–Crippen LogP) is 4.79. The second kappa shape index (κ2) is 6.66. The lowest BCUT2D eigenvalue weighted by Gasteiger charge is -2.41. The zero-order valence-electron chi connectivity index (χ0n) is 15.2. The maximum absolute atomic E-state index is 7.04. The lowest BCUT2D eigenvalue weighted by Crippen LogP contribution is -2.51. The van der Waals surface area contributed by atoms with Crippen molar-refractivity contribution in [2.45, 2.75) is 62.0 Å². The van der Waals surface area contributed by atoms with Crippen LogP contribution in [0.2, 0.25) is 0 Å². The van der Waals surface area contributed by atoms with E-state index in [1.165, 1.54) is 57.1 Å². The second-order valence-electron chi connectivity index (χ2n) is 8.55. The molecule has 3 fully saturated rings. The van der Waals surface area contributed by atoms with E-state index < -0.39 is 0 Å². The van der Waals surface area contributed by atoms with Crippen LogP contribution in [-0.2, 0) is 9.67 Å². The standard InChI is InChI=1S/C21H32NOS/c1-22(2)15-9-14-19(22)20-16-24-21(23-20,17-10-5-3-6-11-17)18-12-7-4-8-13-18/h3,5-6,10-11,18-20H,4,7-9,12-16H2,1-2H3/q+1/t19-,20+,21-/m1/s1. The van der Waals surface area contributed by atoms with Gasteiger partial charge >= 0.3 is 0 Å². The molecule has 24 heavy (non-hydrogen) atoms. The number of thioether (sulfide) groups is 1. The third-order valence-electron chi connectivity index (χ3n) is 6.67. The van der Waals surface area contributed by atoms with Gasteiger partial charge in [-0.15, -0.1) is 11.8 Å². The van der Waals surface area contributed by atoms with E-state index >= 15 is 0 Å². The molecular weight excluding hydrogens is 314 g/mol. The summed E-state index contributed by atoms with van der Waals surface area (Å²) in [7, 11) is 4.80. The highest BCUT2D eigenvalue weighted by atomic mass is 32.2. The van der Waals surface area contributed by atoms with Crippen molar-refractivity contribution in [3.05, 3.63) is 35.9 Å². The van der Waals surface area contributed by atoms with Crippen LogP contribution in [0.25, 0.3) is 0 Å². The molecular formula is C21H32NOS+. The summed E-state index contributed by atoms with van der Waals surface area (Å²) in [4.78, 5) is -0.0884. The van der Waals surface area contributed by atoms with Gasteiger partial charge in [0.15, 0.2) is 0 Å². The number of likely N-dealkylation sites (N-methyl/N-ethyl adjacent to an activating group) is 1. The molecule has 0 spiro atoms. The first-order valence-electron chi connectivity index (χ1n) is 9.82. The summed E-state index contributed by atoms with van der Waals surface area (Å²) >= 11 is 2.11. The molecule has 1 aromatic rings. The van der Waals surface area contributed by atoms with Crippen molar-refractivity contribution in [1.29, 1.82) is 0 Å². The number of hydrogen-bond donors (Lipinski definition) is 0. The fourth-order valence-corrected chi connectivity index (χ4v) is 6.97. The van der Waals surface area contributed by atoms with Gasteiger partial charge in [0.05, 0.1) is 20.6 Å². The zero-order chi connectivity index (χ0) is 16.6. The quantitative estimate of drug-likeness (QED) is 0.728. The van der Waals surface area contributed by atoms with Gasteiger partial charge in [-0.1, -0.05) is 49.6 Å². The molecule has 0 amide bonds. The molecule has 132 valence electrons. The molecule has 1 aromatic carbocycles. The molecule has 2 saturated heterocycles. The SMILES string of the molecule is C[N+]1(C)CCC[C@@H]1[C@@H]1CS[C@](c2ccccc2)(C2CCCCC2)O1. The summed E-state index contributed by atoms with van der Waals surface area (Å²) in [5, 5.41) is 0. The third-order valence-corrected chi connectivity index (χ3v) is 8.26. The minimum atomic E-state index is -0.0884. The number of likely N-dealkylation sites (tertiary alicyclic amines) is 1. The van der Waals surface area contributed by atoms with E-state index in [0.717, 1.165) is 10.2 Å². The van der Waals surface area contributed by atoms with Gasteiger partial charge in [0.1, 0.15) is 17.1 Å². The monoisotopic (exact) mass is 346 g/mol. The molecule has 4 rings (SSSR count). The Labute approximate surface area is 151 Å². The van der Waals surface area contributed by atoms with Crippen LogP contribution in [-0.4, -0.2) is 43.0 Å². The number of hydrogen-bond acceptors (Lipinski definition) is 2. The first-order chi connectivity index (χ1) is 11.6.